The molecule has 7 heteroatoms. The third-order valence-corrected chi connectivity index (χ3v) is 6.59. The van der Waals surface area contributed by atoms with Crippen molar-refractivity contribution in [2.75, 3.05) is 10.6 Å². The van der Waals surface area contributed by atoms with E-state index < -0.39 is 0 Å². The van der Waals surface area contributed by atoms with Crippen molar-refractivity contribution < 1.29 is 9.21 Å². The lowest BCUT2D eigenvalue weighted by Crippen LogP contribution is -2.17. The molecule has 29 heavy (non-hydrogen) atoms. The van der Waals surface area contributed by atoms with Crippen LogP contribution in [0.25, 0.3) is 0 Å². The Kier molecular flexibility index (Phi) is 5.51. The van der Waals surface area contributed by atoms with Gasteiger partial charge in [-0.3, -0.25) is 4.79 Å². The fourth-order valence-electron chi connectivity index (χ4n) is 3.19. The molecule has 0 unspecified atom stereocenters. The minimum Gasteiger partial charge on any atom is -0.459 e. The number of aromatic nitrogens is 1. The number of anilines is 2. The first-order chi connectivity index (χ1) is 14.0. The smallest absolute Gasteiger partial charge is 0.291 e. The van der Waals surface area contributed by atoms with E-state index in [0.29, 0.717) is 5.76 Å². The lowest BCUT2D eigenvalue weighted by Gasteiger charge is -2.21. The normalized spacial score (nSPS) is 12.0. The number of carbonyl (C=O) groups excluding carboxylic acids is 1. The Morgan fingerprint density at radius 3 is 2.69 bits per heavy atom. The van der Waals surface area contributed by atoms with Crippen LogP contribution in [0.3, 0.4) is 0 Å². The fraction of sp³-hybridized carbons (Fsp3) is 0.182. The highest BCUT2D eigenvalue weighted by molar-refractivity contribution is 7.16. The number of rotatable bonds is 6. The van der Waals surface area contributed by atoms with E-state index in [1.54, 1.807) is 34.8 Å². The lowest BCUT2D eigenvalue weighted by molar-refractivity contribution is 0.0997. The standard InChI is InChI=1S/C22H21N3O2S2/c1-13-6-4-8-18(23-13)24-20(16-9-11-28-12-16)19-14(2)15(3)29-22(19)25-21(26)17-7-5-10-27-17/h4-12,20H,1-3H3,(H,23,24)(H,25,26)/t20-/m0/s1. The molecule has 0 spiro atoms. The van der Waals surface area contributed by atoms with Gasteiger partial charge in [0, 0.05) is 16.1 Å². The third-order valence-electron chi connectivity index (χ3n) is 4.75. The maximum Gasteiger partial charge on any atom is 0.291 e. The van der Waals surface area contributed by atoms with Crippen LogP contribution in [0, 0.1) is 20.8 Å². The van der Waals surface area contributed by atoms with Crippen LogP contribution >= 0.6 is 22.7 Å². The summed E-state index contributed by atoms with van der Waals surface area (Å²) in [6.45, 7) is 6.13. The second kappa shape index (κ2) is 8.23. The summed E-state index contributed by atoms with van der Waals surface area (Å²) in [7, 11) is 0. The van der Waals surface area contributed by atoms with Gasteiger partial charge in [0.1, 0.15) is 10.8 Å². The van der Waals surface area contributed by atoms with Gasteiger partial charge in [-0.05, 0) is 73.0 Å². The molecule has 5 nitrogen and oxygen atoms in total. The molecular weight excluding hydrogens is 402 g/mol. The molecule has 1 atom stereocenters. The summed E-state index contributed by atoms with van der Waals surface area (Å²) in [4.78, 5) is 18.4. The van der Waals surface area contributed by atoms with E-state index in [0.717, 1.165) is 38.1 Å². The van der Waals surface area contributed by atoms with Gasteiger partial charge >= 0.3 is 0 Å². The molecule has 4 aromatic heterocycles. The fourth-order valence-corrected chi connectivity index (χ4v) is 4.97. The molecular formula is C22H21N3O2S2. The molecule has 0 aromatic carbocycles. The van der Waals surface area contributed by atoms with Crippen LogP contribution in [-0.2, 0) is 0 Å². The van der Waals surface area contributed by atoms with E-state index in [1.165, 1.54) is 6.26 Å². The highest BCUT2D eigenvalue weighted by Gasteiger charge is 2.26. The molecule has 0 radical (unpaired) electrons. The molecule has 1 amide bonds. The minimum absolute atomic E-state index is 0.132. The molecule has 0 saturated heterocycles. The summed E-state index contributed by atoms with van der Waals surface area (Å²) in [5.74, 6) is 0.836. The van der Waals surface area contributed by atoms with E-state index in [4.69, 9.17) is 4.42 Å². The van der Waals surface area contributed by atoms with Gasteiger partial charge in [-0.2, -0.15) is 11.3 Å². The summed E-state index contributed by atoms with van der Waals surface area (Å²) in [6.07, 6.45) is 1.50. The minimum atomic E-state index is -0.254. The van der Waals surface area contributed by atoms with Crippen molar-refractivity contribution in [3.63, 3.8) is 0 Å². The summed E-state index contributed by atoms with van der Waals surface area (Å²) >= 11 is 3.22. The van der Waals surface area contributed by atoms with Gasteiger partial charge in [0.2, 0.25) is 0 Å². The SMILES string of the molecule is Cc1cccc(N[C@@H](c2ccsc2)c2c(NC(=O)c3ccco3)sc(C)c2C)n1. The quantitative estimate of drug-likeness (QED) is 0.389. The first kappa shape index (κ1) is 19.4. The summed E-state index contributed by atoms with van der Waals surface area (Å²) in [5, 5.41) is 11.6. The molecule has 0 aliphatic rings. The Bertz CT molecular complexity index is 1120. The van der Waals surface area contributed by atoms with E-state index >= 15 is 0 Å². The Hall–Kier alpha value is -2.90. The van der Waals surface area contributed by atoms with Crippen molar-refractivity contribution in [1.82, 2.24) is 4.98 Å². The summed E-state index contributed by atoms with van der Waals surface area (Å²) in [6, 6.07) is 11.3. The van der Waals surface area contributed by atoms with Crippen molar-refractivity contribution in [1.29, 1.82) is 0 Å². The van der Waals surface area contributed by atoms with Gasteiger partial charge in [-0.15, -0.1) is 11.3 Å². The number of nitrogens with zero attached hydrogens (tertiary/aromatic N) is 1. The molecule has 0 saturated carbocycles. The second-order valence-corrected chi connectivity index (χ2v) is 8.76. The first-order valence-electron chi connectivity index (χ1n) is 9.20. The van der Waals surface area contributed by atoms with Crippen molar-refractivity contribution in [2.45, 2.75) is 26.8 Å². The van der Waals surface area contributed by atoms with Gasteiger partial charge in [0.25, 0.3) is 5.91 Å². The maximum absolute atomic E-state index is 12.6. The monoisotopic (exact) mass is 423 g/mol. The Morgan fingerprint density at radius 1 is 1.14 bits per heavy atom. The van der Waals surface area contributed by atoms with Gasteiger partial charge in [-0.1, -0.05) is 6.07 Å². The van der Waals surface area contributed by atoms with E-state index in [1.807, 2.05) is 25.1 Å². The highest BCUT2D eigenvalue weighted by atomic mass is 32.1. The third kappa shape index (κ3) is 4.11. The van der Waals surface area contributed by atoms with Gasteiger partial charge < -0.3 is 15.1 Å². The summed E-state index contributed by atoms with van der Waals surface area (Å²) in [5.41, 5.74) is 4.28. The molecule has 4 rings (SSSR count). The molecule has 0 aliphatic carbocycles. The van der Waals surface area contributed by atoms with Crippen LogP contribution in [0.5, 0.6) is 0 Å². The number of nitrogens with one attached hydrogen (secondary N) is 2. The number of amides is 1. The topological polar surface area (TPSA) is 67.2 Å². The number of hydrogen-bond donors (Lipinski definition) is 2. The number of hydrogen-bond acceptors (Lipinski definition) is 6. The van der Waals surface area contributed by atoms with Crippen molar-refractivity contribution in [2.24, 2.45) is 0 Å². The van der Waals surface area contributed by atoms with Crippen LogP contribution in [0.2, 0.25) is 0 Å². The number of carbonyl (C=O) groups is 1. The number of aryl methyl sites for hydroxylation is 2. The second-order valence-electron chi connectivity index (χ2n) is 6.76. The van der Waals surface area contributed by atoms with Crippen molar-refractivity contribution in [3.05, 3.63) is 86.4 Å². The zero-order valence-electron chi connectivity index (χ0n) is 16.4. The molecule has 4 heterocycles. The predicted molar refractivity (Wildman–Crippen MR) is 119 cm³/mol. The number of thiophene rings is 2. The molecule has 148 valence electrons. The van der Waals surface area contributed by atoms with Crippen LogP contribution in [0.15, 0.2) is 57.8 Å². The summed E-state index contributed by atoms with van der Waals surface area (Å²) < 4.78 is 5.25. The number of furan rings is 1. The van der Waals surface area contributed by atoms with Crippen LogP contribution in [0.1, 0.15) is 43.9 Å². The van der Waals surface area contributed by atoms with Crippen molar-refractivity contribution >= 4 is 39.4 Å². The average Bonchev–Trinajstić information content (AvgIpc) is 3.44. The zero-order chi connectivity index (χ0) is 20.4. The molecule has 0 aliphatic heterocycles. The van der Waals surface area contributed by atoms with Crippen molar-refractivity contribution in [3.8, 4) is 0 Å². The molecule has 0 fully saturated rings. The zero-order valence-corrected chi connectivity index (χ0v) is 18.0. The van der Waals surface area contributed by atoms with Crippen LogP contribution in [0.4, 0.5) is 10.8 Å². The van der Waals surface area contributed by atoms with E-state index in [2.05, 4.69) is 46.3 Å². The highest BCUT2D eigenvalue weighted by Crippen LogP contribution is 2.41. The van der Waals surface area contributed by atoms with Gasteiger partial charge in [0.15, 0.2) is 5.76 Å². The molecule has 2 N–H and O–H groups in total. The number of pyridine rings is 1. The molecule has 0 bridgehead atoms. The Morgan fingerprint density at radius 2 is 2.00 bits per heavy atom. The predicted octanol–water partition coefficient (Wildman–Crippen LogP) is 6.18. The Balaban J connectivity index is 1.75. The Labute approximate surface area is 177 Å². The maximum atomic E-state index is 12.6. The lowest BCUT2D eigenvalue weighted by atomic mass is 9.98. The van der Waals surface area contributed by atoms with Gasteiger partial charge in [-0.25, -0.2) is 4.98 Å². The van der Waals surface area contributed by atoms with Gasteiger partial charge in [0.05, 0.1) is 12.3 Å². The van der Waals surface area contributed by atoms with E-state index in [9.17, 15) is 4.79 Å². The van der Waals surface area contributed by atoms with Crippen LogP contribution < -0.4 is 10.6 Å². The molecule has 4 aromatic rings. The first-order valence-corrected chi connectivity index (χ1v) is 11.0. The van der Waals surface area contributed by atoms with E-state index in [-0.39, 0.29) is 11.9 Å². The largest absolute Gasteiger partial charge is 0.459 e. The van der Waals surface area contributed by atoms with Crippen LogP contribution in [-0.4, -0.2) is 10.9 Å². The average molecular weight is 424 g/mol.